The second kappa shape index (κ2) is 14.0. The van der Waals surface area contributed by atoms with E-state index in [1.807, 2.05) is 12.2 Å². The fourth-order valence-corrected chi connectivity index (χ4v) is 1.86. The first-order chi connectivity index (χ1) is 9.66. The van der Waals surface area contributed by atoms with Crippen LogP contribution in [0.3, 0.4) is 0 Å². The molecule has 0 spiro atoms. The van der Waals surface area contributed by atoms with Crippen LogP contribution in [-0.2, 0) is 9.59 Å². The van der Waals surface area contributed by atoms with Crippen molar-refractivity contribution in [1.82, 2.24) is 0 Å². The molecule has 3 heteroatoms. The van der Waals surface area contributed by atoms with Gasteiger partial charge in [-0.2, -0.15) is 0 Å². The van der Waals surface area contributed by atoms with Crippen LogP contribution in [0.15, 0.2) is 24.3 Å². The Balaban J connectivity index is 3.42. The number of carbonyl (C=O) groups excluding carboxylic acids is 1. The van der Waals surface area contributed by atoms with E-state index in [9.17, 15) is 9.59 Å². The molecule has 0 aliphatic heterocycles. The number of ketones is 1. The predicted octanol–water partition coefficient (Wildman–Crippen LogP) is 4.67. The van der Waals surface area contributed by atoms with Crippen molar-refractivity contribution in [2.45, 2.75) is 71.1 Å². The van der Waals surface area contributed by atoms with Crippen LogP contribution in [0.2, 0.25) is 0 Å². The van der Waals surface area contributed by atoms with E-state index in [2.05, 4.69) is 13.0 Å². The van der Waals surface area contributed by atoms with Crippen LogP contribution in [0.25, 0.3) is 0 Å². The zero-order valence-electron chi connectivity index (χ0n) is 12.6. The van der Waals surface area contributed by atoms with E-state index in [1.165, 1.54) is 0 Å². The maximum Gasteiger partial charge on any atom is 0.303 e. The topological polar surface area (TPSA) is 54.4 Å². The van der Waals surface area contributed by atoms with Crippen molar-refractivity contribution in [1.29, 1.82) is 0 Å². The first-order valence-corrected chi connectivity index (χ1v) is 7.74. The molecule has 0 radical (unpaired) electrons. The third-order valence-electron chi connectivity index (χ3n) is 3.07. The standard InChI is InChI=1S/C17H28O3/c1-2-3-10-13-16(18)14-11-8-6-4-5-7-9-12-15-17(19)20/h6,8,11,14H,2-5,7,9-10,12-13,15H2,1H3,(H,19,20)/b8-6+,14-11+. The molecule has 1 N–H and O–H groups in total. The first-order valence-electron chi connectivity index (χ1n) is 7.74. The highest BCUT2D eigenvalue weighted by Gasteiger charge is 1.96. The Morgan fingerprint density at radius 3 is 2.30 bits per heavy atom. The van der Waals surface area contributed by atoms with Gasteiger partial charge in [-0.05, 0) is 31.8 Å². The predicted molar refractivity (Wildman–Crippen MR) is 82.8 cm³/mol. The molecular formula is C17H28O3. The number of carboxylic acid groups (broad SMARTS) is 1. The summed E-state index contributed by atoms with van der Waals surface area (Å²) in [6.07, 6.45) is 16.5. The van der Waals surface area contributed by atoms with E-state index >= 15 is 0 Å². The lowest BCUT2D eigenvalue weighted by Gasteiger charge is -1.96. The third kappa shape index (κ3) is 14.7. The SMILES string of the molecule is CCCCCC(=O)/C=C/C=C/CCCCCCC(=O)O. The molecule has 0 aliphatic carbocycles. The Kier molecular flexibility index (Phi) is 13.1. The van der Waals surface area contributed by atoms with Gasteiger partial charge in [0.1, 0.15) is 0 Å². The first kappa shape index (κ1) is 18.6. The summed E-state index contributed by atoms with van der Waals surface area (Å²) in [5, 5.41) is 8.48. The smallest absolute Gasteiger partial charge is 0.303 e. The highest BCUT2D eigenvalue weighted by molar-refractivity contribution is 5.89. The molecule has 0 amide bonds. The number of allylic oxidation sites excluding steroid dienone is 4. The Morgan fingerprint density at radius 2 is 1.60 bits per heavy atom. The lowest BCUT2D eigenvalue weighted by molar-refractivity contribution is -0.137. The quantitative estimate of drug-likeness (QED) is 0.303. The molecule has 20 heavy (non-hydrogen) atoms. The molecule has 0 aliphatic rings. The minimum absolute atomic E-state index is 0.205. The second-order valence-corrected chi connectivity index (χ2v) is 5.06. The molecule has 3 nitrogen and oxygen atoms in total. The van der Waals surface area contributed by atoms with E-state index in [0.29, 0.717) is 6.42 Å². The van der Waals surface area contributed by atoms with Gasteiger partial charge in [-0.15, -0.1) is 0 Å². The van der Waals surface area contributed by atoms with E-state index in [0.717, 1.165) is 51.4 Å². The summed E-state index contributed by atoms with van der Waals surface area (Å²) in [5.41, 5.74) is 0. The summed E-state index contributed by atoms with van der Waals surface area (Å²) >= 11 is 0. The van der Waals surface area contributed by atoms with Gasteiger partial charge in [0.05, 0.1) is 0 Å². The lowest BCUT2D eigenvalue weighted by Crippen LogP contribution is -1.93. The van der Waals surface area contributed by atoms with E-state index in [-0.39, 0.29) is 12.2 Å². The number of aliphatic carboxylic acids is 1. The van der Waals surface area contributed by atoms with E-state index in [4.69, 9.17) is 5.11 Å². The van der Waals surface area contributed by atoms with Crippen molar-refractivity contribution < 1.29 is 14.7 Å². The van der Waals surface area contributed by atoms with Gasteiger partial charge in [-0.25, -0.2) is 0 Å². The Labute approximate surface area is 122 Å². The van der Waals surface area contributed by atoms with Gasteiger partial charge >= 0.3 is 5.97 Å². The third-order valence-corrected chi connectivity index (χ3v) is 3.07. The zero-order valence-corrected chi connectivity index (χ0v) is 12.6. The molecule has 0 bridgehead atoms. The van der Waals surface area contributed by atoms with Crippen LogP contribution >= 0.6 is 0 Å². The number of carbonyl (C=O) groups is 2. The molecule has 0 saturated heterocycles. The van der Waals surface area contributed by atoms with Crippen molar-refractivity contribution in [3.63, 3.8) is 0 Å². The van der Waals surface area contributed by atoms with Crippen molar-refractivity contribution >= 4 is 11.8 Å². The summed E-state index contributed by atoms with van der Waals surface area (Å²) in [5.74, 6) is -0.504. The van der Waals surface area contributed by atoms with Crippen LogP contribution in [0.1, 0.15) is 71.1 Å². The maximum absolute atomic E-state index is 11.4. The van der Waals surface area contributed by atoms with Crippen LogP contribution in [0.5, 0.6) is 0 Å². The molecular weight excluding hydrogens is 252 g/mol. The number of carboxylic acids is 1. The van der Waals surface area contributed by atoms with E-state index < -0.39 is 5.97 Å². The van der Waals surface area contributed by atoms with Crippen molar-refractivity contribution in [2.24, 2.45) is 0 Å². The Morgan fingerprint density at radius 1 is 0.900 bits per heavy atom. The number of rotatable bonds is 13. The van der Waals surface area contributed by atoms with Gasteiger partial charge in [0.25, 0.3) is 0 Å². The fourth-order valence-electron chi connectivity index (χ4n) is 1.86. The molecule has 0 rings (SSSR count). The zero-order chi connectivity index (χ0) is 15.1. The number of hydrogen-bond acceptors (Lipinski definition) is 2. The molecule has 0 saturated carbocycles. The molecule has 0 unspecified atom stereocenters. The highest BCUT2D eigenvalue weighted by atomic mass is 16.4. The fraction of sp³-hybridized carbons (Fsp3) is 0.647. The Bertz CT molecular complexity index is 316. The average Bonchev–Trinajstić information content (AvgIpc) is 2.41. The summed E-state index contributed by atoms with van der Waals surface area (Å²) in [6, 6.07) is 0. The lowest BCUT2D eigenvalue weighted by atomic mass is 10.1. The summed E-state index contributed by atoms with van der Waals surface area (Å²) in [6.45, 7) is 2.13. The normalized spacial score (nSPS) is 11.4. The van der Waals surface area contributed by atoms with Gasteiger partial charge in [0.2, 0.25) is 0 Å². The van der Waals surface area contributed by atoms with Gasteiger partial charge in [-0.1, -0.05) is 50.8 Å². The summed E-state index contributed by atoms with van der Waals surface area (Å²) < 4.78 is 0. The minimum atomic E-state index is -0.710. The van der Waals surface area contributed by atoms with Crippen molar-refractivity contribution in [3.8, 4) is 0 Å². The van der Waals surface area contributed by atoms with Gasteiger partial charge in [-0.3, -0.25) is 9.59 Å². The largest absolute Gasteiger partial charge is 0.481 e. The van der Waals surface area contributed by atoms with Gasteiger partial charge in [0.15, 0.2) is 5.78 Å². The number of unbranched alkanes of at least 4 members (excludes halogenated alkanes) is 6. The maximum atomic E-state index is 11.4. The number of hydrogen-bond donors (Lipinski definition) is 1. The highest BCUT2D eigenvalue weighted by Crippen LogP contribution is 2.06. The van der Waals surface area contributed by atoms with Crippen LogP contribution in [0.4, 0.5) is 0 Å². The second-order valence-electron chi connectivity index (χ2n) is 5.06. The average molecular weight is 280 g/mol. The Hall–Kier alpha value is -1.38. The monoisotopic (exact) mass is 280 g/mol. The van der Waals surface area contributed by atoms with Gasteiger partial charge in [0, 0.05) is 12.8 Å². The molecule has 0 fully saturated rings. The summed E-state index contributed by atoms with van der Waals surface area (Å²) in [7, 11) is 0. The molecule has 0 heterocycles. The van der Waals surface area contributed by atoms with Gasteiger partial charge < -0.3 is 5.11 Å². The van der Waals surface area contributed by atoms with E-state index in [1.54, 1.807) is 6.08 Å². The molecule has 0 aromatic heterocycles. The summed E-state index contributed by atoms with van der Waals surface area (Å²) in [4.78, 5) is 21.7. The molecule has 0 aromatic rings. The minimum Gasteiger partial charge on any atom is -0.481 e. The van der Waals surface area contributed by atoms with Crippen molar-refractivity contribution in [3.05, 3.63) is 24.3 Å². The molecule has 0 aromatic carbocycles. The van der Waals surface area contributed by atoms with Crippen molar-refractivity contribution in [2.75, 3.05) is 0 Å². The molecule has 0 atom stereocenters. The van der Waals surface area contributed by atoms with Crippen LogP contribution in [-0.4, -0.2) is 16.9 Å². The van der Waals surface area contributed by atoms with Crippen LogP contribution < -0.4 is 0 Å². The van der Waals surface area contributed by atoms with Crippen LogP contribution in [0, 0.1) is 0 Å². The molecule has 114 valence electrons.